The first-order valence-corrected chi connectivity index (χ1v) is 32.8. The molecule has 4 spiro atoms. The van der Waals surface area contributed by atoms with Gasteiger partial charge in [0.05, 0.1) is 28.4 Å². The van der Waals surface area contributed by atoms with Gasteiger partial charge in [-0.25, -0.2) is 0 Å². The zero-order chi connectivity index (χ0) is 60.2. The number of likely N-dealkylation sites (tertiary alicyclic amines) is 4. The van der Waals surface area contributed by atoms with Crippen LogP contribution in [0.2, 0.25) is 0 Å². The molecule has 0 amide bonds. The van der Waals surface area contributed by atoms with Gasteiger partial charge in [0.25, 0.3) is 0 Å². The van der Waals surface area contributed by atoms with Gasteiger partial charge >= 0.3 is 0 Å². The maximum absolute atomic E-state index is 12.6. The molecule has 2 saturated carbocycles. The van der Waals surface area contributed by atoms with E-state index in [1.165, 1.54) is 38.9 Å². The van der Waals surface area contributed by atoms with E-state index in [1.807, 2.05) is 12.1 Å². The lowest BCUT2D eigenvalue weighted by Crippen LogP contribution is -2.65. The van der Waals surface area contributed by atoms with Crippen molar-refractivity contribution in [2.75, 3.05) is 82.8 Å². The van der Waals surface area contributed by atoms with Crippen LogP contribution in [0.3, 0.4) is 0 Å². The van der Waals surface area contributed by atoms with Crippen molar-refractivity contribution < 1.29 is 57.7 Å². The summed E-state index contributed by atoms with van der Waals surface area (Å²) >= 11 is 0. The highest BCUT2D eigenvalue weighted by molar-refractivity contribution is 5.90. The van der Waals surface area contributed by atoms with Gasteiger partial charge in [-0.1, -0.05) is 31.7 Å². The Bertz CT molecular complexity index is 3710. The van der Waals surface area contributed by atoms with Gasteiger partial charge in [-0.05, 0) is 214 Å². The molecule has 16 atom stereocenters. The number of ether oxygens (including phenoxy) is 8. The Hall–Kier alpha value is -6.46. The standard InChI is InChI=1S/C19H23NO3.2C18H21NO3.C17H19NO3.CH4/c1-20-9-8-19-12-5-7-15(22-3)18(19)23-17-14(21-2)6-4-11(16(17)19)10-13(12)20;1-19-8-7-18-11-4-5-13(20)17(18)22-16-14(21-2)6-3-10(15(16)18)9-12(11)19;1-19-8-7-18-11-4-6-14(21-2)17(18)22-16-13(20)5-3-10(15(16)18)9-12(11)19;1-18-7-6-17-10-3-5-13(20)16(17)21-15-12(19)4-2-9(14(15)17)8-11(10)18;/h4,6-7,12-13,18H,5,8-10H2,1-3H3;3,6,11-12,17H,4-5,7-9H2,1-2H3;3,5-6,11-12,17,20H,4,7-9H2,1-2H3;2,4,10-11,16,19H,3,5-8H2,1H3;1H4/t12-,13+,18-,19-;2*11-,12+,17-,18-;10-,11+,16-,17-;/m0000./s1. The van der Waals surface area contributed by atoms with Crippen LogP contribution in [0.15, 0.2) is 72.2 Å². The number of methoxy groups -OCH3 is 4. The highest BCUT2D eigenvalue weighted by Crippen LogP contribution is 2.68. The predicted octanol–water partition coefficient (Wildman–Crippen LogP) is 8.91. The van der Waals surface area contributed by atoms with Gasteiger partial charge in [0.15, 0.2) is 82.0 Å². The van der Waals surface area contributed by atoms with Crippen LogP contribution in [-0.4, -0.2) is 173 Å². The molecule has 8 bridgehead atoms. The second-order valence-electron chi connectivity index (χ2n) is 28.8. The zero-order valence-electron chi connectivity index (χ0n) is 52.2. The molecule has 4 aromatic rings. The number of phenols is 2. The van der Waals surface area contributed by atoms with Crippen molar-refractivity contribution in [3.8, 4) is 46.0 Å². The molecule has 0 radical (unpaired) electrons. The summed E-state index contributed by atoms with van der Waals surface area (Å²) in [5, 5.41) is 20.5. The number of hydrogen-bond donors (Lipinski definition) is 2. The SMILES string of the molecule is C.CN1CC[C@]23c4c5ccc(O)c4O[C@H]2C(=O)CC[C@H]3[C@H]1C5.COC1=CC[C@H]2[C@H]3Cc4ccc(O)c5c4[C@@]2(CCN3C)[C@H]1O5.COC1=CC[C@H]2[C@H]3Cc4ccc(OC)c5c4[C@@]2(CCN3C)[C@H]1O5.COc1ccc2c3c1O[C@H]1C(=O)CC[C@H]4[C@@H](C2)N(C)CC[C@]314. The van der Waals surface area contributed by atoms with Crippen LogP contribution in [0.5, 0.6) is 46.0 Å². The monoisotopic (exact) mass is 1210 g/mol. The van der Waals surface area contributed by atoms with Crippen LogP contribution in [0, 0.1) is 23.7 Å². The van der Waals surface area contributed by atoms with Crippen molar-refractivity contribution in [1.29, 1.82) is 0 Å². The summed E-state index contributed by atoms with van der Waals surface area (Å²) in [5.74, 6) is 9.84. The van der Waals surface area contributed by atoms with Crippen molar-refractivity contribution in [2.24, 2.45) is 23.7 Å². The summed E-state index contributed by atoms with van der Waals surface area (Å²) in [6.07, 6.45) is 17.5. The number of nitrogens with zero attached hydrogens (tertiary/aromatic N) is 4. The van der Waals surface area contributed by atoms with Crippen molar-refractivity contribution in [3.05, 3.63) is 117 Å². The minimum absolute atomic E-state index is 0. The number of rotatable bonds is 4. The van der Waals surface area contributed by atoms with E-state index in [2.05, 4.69) is 84.2 Å². The third-order valence-corrected chi connectivity index (χ3v) is 26.1. The summed E-state index contributed by atoms with van der Waals surface area (Å²) in [5.41, 5.74) is 10.4. The minimum Gasteiger partial charge on any atom is -0.504 e. The number of benzene rings is 4. The molecule has 16 heteroatoms. The van der Waals surface area contributed by atoms with Gasteiger partial charge < -0.3 is 67.7 Å². The second kappa shape index (κ2) is 20.3. The second-order valence-corrected chi connectivity index (χ2v) is 28.8. The molecule has 4 aromatic carbocycles. The molecule has 6 fully saturated rings. The Kier molecular flexibility index (Phi) is 13.1. The Morgan fingerprint density at radius 1 is 0.427 bits per heavy atom. The molecule has 0 aromatic heterocycles. The number of hydrogen-bond acceptors (Lipinski definition) is 16. The largest absolute Gasteiger partial charge is 0.504 e. The van der Waals surface area contributed by atoms with E-state index in [0.29, 0.717) is 72.2 Å². The number of phenolic OH excluding ortho intramolecular Hbond substituents is 2. The highest BCUT2D eigenvalue weighted by atomic mass is 16.6. The quantitative estimate of drug-likeness (QED) is 0.199. The van der Waals surface area contributed by atoms with Crippen molar-refractivity contribution in [1.82, 2.24) is 19.6 Å². The van der Waals surface area contributed by atoms with E-state index in [1.54, 1.807) is 40.6 Å². The van der Waals surface area contributed by atoms with Gasteiger partial charge in [0, 0.05) is 80.9 Å². The third-order valence-electron chi connectivity index (χ3n) is 26.1. The molecular formula is C73H88N4O12. The number of carbonyl (C=O) groups is 2. The topological polar surface area (TPSA) is 161 Å². The predicted molar refractivity (Wildman–Crippen MR) is 334 cm³/mol. The molecule has 0 unspecified atom stereocenters. The molecule has 16 aliphatic rings. The molecule has 4 saturated heterocycles. The van der Waals surface area contributed by atoms with Gasteiger partial charge in [0.1, 0.15) is 11.5 Å². The molecule has 472 valence electrons. The molecular weight excluding hydrogens is 1120 g/mol. The lowest BCUT2D eigenvalue weighted by Gasteiger charge is -2.57. The summed E-state index contributed by atoms with van der Waals surface area (Å²) in [6.45, 7) is 4.24. The Balaban J connectivity index is 0.0000000950. The van der Waals surface area contributed by atoms with E-state index in [4.69, 9.17) is 37.9 Å². The van der Waals surface area contributed by atoms with Gasteiger partial charge in [0.2, 0.25) is 0 Å². The first kappa shape index (κ1) is 57.7. The van der Waals surface area contributed by atoms with E-state index in [0.717, 1.165) is 143 Å². The smallest absolute Gasteiger partial charge is 0.174 e. The van der Waals surface area contributed by atoms with Crippen LogP contribution >= 0.6 is 0 Å². The maximum atomic E-state index is 12.6. The molecule has 20 rings (SSSR count). The van der Waals surface area contributed by atoms with Gasteiger partial charge in [-0.15, -0.1) is 0 Å². The van der Waals surface area contributed by atoms with Gasteiger partial charge in [-0.2, -0.15) is 0 Å². The van der Waals surface area contributed by atoms with Crippen molar-refractivity contribution in [2.45, 2.75) is 168 Å². The van der Waals surface area contributed by atoms with Crippen LogP contribution in [0.1, 0.15) is 116 Å². The molecule has 8 aliphatic heterocycles. The Morgan fingerprint density at radius 2 is 0.742 bits per heavy atom. The average molecular weight is 1210 g/mol. The van der Waals surface area contributed by atoms with E-state index in [-0.39, 0.29) is 76.6 Å². The van der Waals surface area contributed by atoms with E-state index >= 15 is 0 Å². The number of aromatic hydroxyl groups is 2. The molecule has 89 heavy (non-hydrogen) atoms. The maximum Gasteiger partial charge on any atom is 0.174 e. The lowest BCUT2D eigenvalue weighted by atomic mass is 9.52. The Labute approximate surface area is 523 Å². The van der Waals surface area contributed by atoms with Crippen molar-refractivity contribution >= 4 is 11.6 Å². The minimum atomic E-state index is -0.366. The lowest BCUT2D eigenvalue weighted by molar-refractivity contribution is -0.138. The Morgan fingerprint density at radius 3 is 1.11 bits per heavy atom. The highest BCUT2D eigenvalue weighted by Gasteiger charge is 2.69. The molecule has 16 nitrogen and oxygen atoms in total. The summed E-state index contributed by atoms with van der Waals surface area (Å²) in [6, 6.07) is 18.3. The van der Waals surface area contributed by atoms with Gasteiger partial charge in [-0.3, -0.25) is 9.59 Å². The fourth-order valence-electron chi connectivity index (χ4n) is 22.4. The summed E-state index contributed by atoms with van der Waals surface area (Å²) in [4.78, 5) is 35.1. The first-order valence-electron chi connectivity index (χ1n) is 32.8. The van der Waals surface area contributed by atoms with Crippen LogP contribution in [0.4, 0.5) is 0 Å². The first-order chi connectivity index (χ1) is 42.7. The fourth-order valence-corrected chi connectivity index (χ4v) is 22.4. The average Bonchev–Trinajstić information content (AvgIpc) is 1.63. The normalized spacial score (nSPS) is 37.8. The van der Waals surface area contributed by atoms with E-state index < -0.39 is 0 Å². The number of ketones is 2. The zero-order valence-corrected chi connectivity index (χ0v) is 52.2. The van der Waals surface area contributed by atoms with Crippen molar-refractivity contribution in [3.63, 3.8) is 0 Å². The molecule has 2 N–H and O–H groups in total. The third kappa shape index (κ3) is 7.32. The molecule has 8 aliphatic carbocycles. The van der Waals surface area contributed by atoms with Crippen LogP contribution in [-0.2, 0) is 66.4 Å². The number of allylic oxidation sites excluding steroid dienone is 2. The fraction of sp³-hybridized carbons (Fsp3) is 0.589. The van der Waals surface area contributed by atoms with Crippen LogP contribution < -0.4 is 28.4 Å². The number of Topliss-reactive ketones (excluding diaryl/α,β-unsaturated/α-hetero) is 2. The number of piperidine rings is 4. The van der Waals surface area contributed by atoms with E-state index in [9.17, 15) is 19.8 Å². The number of carbonyl (C=O) groups excluding carboxylic acids is 2. The summed E-state index contributed by atoms with van der Waals surface area (Å²) in [7, 11) is 15.8. The van der Waals surface area contributed by atoms with Crippen LogP contribution in [0.25, 0.3) is 0 Å². The molecule has 8 heterocycles. The number of likely N-dealkylation sites (N-methyl/N-ethyl adjacent to an activating group) is 4. The summed E-state index contributed by atoms with van der Waals surface area (Å²) < 4.78 is 47.6.